The number of fused-ring (bicyclic) bond motifs is 2. The van der Waals surface area contributed by atoms with Gasteiger partial charge in [-0.05, 0) is 42.5 Å². The molecule has 0 atom stereocenters. The maximum Gasteiger partial charge on any atom is 0.283 e. The predicted octanol–water partition coefficient (Wildman–Crippen LogP) is 4.03. The third-order valence-corrected chi connectivity index (χ3v) is 4.64. The second-order valence-corrected chi connectivity index (χ2v) is 6.55. The van der Waals surface area contributed by atoms with E-state index in [1.54, 1.807) is 36.4 Å². The lowest BCUT2D eigenvalue weighted by atomic mass is 10.2. The molecule has 0 unspecified atom stereocenters. The van der Waals surface area contributed by atoms with E-state index in [2.05, 4.69) is 10.2 Å². The van der Waals surface area contributed by atoms with Crippen LogP contribution in [0.1, 0.15) is 5.76 Å². The number of aromatic nitrogens is 2. The van der Waals surface area contributed by atoms with Gasteiger partial charge in [-0.2, -0.15) is 0 Å². The fourth-order valence-electron chi connectivity index (χ4n) is 3.16. The summed E-state index contributed by atoms with van der Waals surface area (Å²) in [5.74, 6) is 5.07. The van der Waals surface area contributed by atoms with Crippen LogP contribution in [0.5, 0.6) is 28.7 Å². The zero-order valence-electron chi connectivity index (χ0n) is 15.5. The van der Waals surface area contributed by atoms with Crippen molar-refractivity contribution >= 4 is 0 Å². The Morgan fingerprint density at radius 1 is 0.700 bits per heavy atom. The van der Waals surface area contributed by atoms with E-state index in [1.807, 2.05) is 12.1 Å². The summed E-state index contributed by atoms with van der Waals surface area (Å²) in [5.41, 5.74) is 0.732. The van der Waals surface area contributed by atoms with Crippen LogP contribution in [0.15, 0.2) is 57.4 Å². The van der Waals surface area contributed by atoms with Crippen molar-refractivity contribution in [2.45, 2.75) is 6.61 Å². The Hall–Kier alpha value is -4.14. The van der Waals surface area contributed by atoms with Crippen LogP contribution in [-0.4, -0.2) is 23.8 Å². The van der Waals surface area contributed by atoms with Crippen molar-refractivity contribution in [1.29, 1.82) is 0 Å². The van der Waals surface area contributed by atoms with Crippen molar-refractivity contribution in [2.75, 3.05) is 13.6 Å². The van der Waals surface area contributed by atoms with Gasteiger partial charge in [0.25, 0.3) is 5.89 Å². The first-order chi connectivity index (χ1) is 14.8. The number of ether oxygens (including phenoxy) is 5. The van der Waals surface area contributed by atoms with Crippen molar-refractivity contribution in [3.63, 3.8) is 0 Å². The molecule has 9 nitrogen and oxygen atoms in total. The number of nitrogens with zero attached hydrogens (tertiary/aromatic N) is 2. The topological polar surface area (TPSA) is 98.2 Å². The summed E-state index contributed by atoms with van der Waals surface area (Å²) >= 11 is 0. The molecule has 6 rings (SSSR count). The average molecular weight is 406 g/mol. The maximum absolute atomic E-state index is 5.79. The Labute approximate surface area is 169 Å². The van der Waals surface area contributed by atoms with Gasteiger partial charge in [0.05, 0.1) is 0 Å². The first kappa shape index (κ1) is 16.8. The Kier molecular flexibility index (Phi) is 3.76. The van der Waals surface area contributed by atoms with Crippen LogP contribution in [0.25, 0.3) is 23.1 Å². The van der Waals surface area contributed by atoms with Gasteiger partial charge in [0.15, 0.2) is 28.8 Å². The molecule has 0 N–H and O–H groups in total. The SMILES string of the molecule is c1cc2c(cc1OCc1ccc(-c3nnc(-c4ccc5c(c4)OCO5)o3)o1)OCO2. The Bertz CT molecular complexity index is 1230. The van der Waals surface area contributed by atoms with Gasteiger partial charge in [0.2, 0.25) is 19.5 Å². The molecular weight excluding hydrogens is 392 g/mol. The Balaban J connectivity index is 1.16. The van der Waals surface area contributed by atoms with Crippen molar-refractivity contribution in [2.24, 2.45) is 0 Å². The van der Waals surface area contributed by atoms with E-state index in [1.165, 1.54) is 0 Å². The quantitative estimate of drug-likeness (QED) is 0.486. The van der Waals surface area contributed by atoms with Gasteiger partial charge in [0.1, 0.15) is 18.1 Å². The molecule has 2 aliphatic heterocycles. The highest BCUT2D eigenvalue weighted by Crippen LogP contribution is 2.37. The van der Waals surface area contributed by atoms with Crippen LogP contribution in [0.2, 0.25) is 0 Å². The molecule has 0 saturated carbocycles. The molecule has 150 valence electrons. The fourth-order valence-corrected chi connectivity index (χ4v) is 3.16. The van der Waals surface area contributed by atoms with Crippen molar-refractivity contribution in [1.82, 2.24) is 10.2 Å². The molecule has 0 amide bonds. The Morgan fingerprint density at radius 3 is 2.30 bits per heavy atom. The predicted molar refractivity (Wildman–Crippen MR) is 100 cm³/mol. The maximum atomic E-state index is 5.79. The van der Waals surface area contributed by atoms with E-state index in [9.17, 15) is 0 Å². The first-order valence-electron chi connectivity index (χ1n) is 9.17. The molecule has 0 radical (unpaired) electrons. The monoisotopic (exact) mass is 406 g/mol. The number of benzene rings is 2. The van der Waals surface area contributed by atoms with Gasteiger partial charge in [-0.1, -0.05) is 0 Å². The minimum atomic E-state index is 0.206. The summed E-state index contributed by atoms with van der Waals surface area (Å²) < 4.78 is 38.6. The lowest BCUT2D eigenvalue weighted by molar-refractivity contribution is 0.173. The second kappa shape index (κ2) is 6.73. The van der Waals surface area contributed by atoms with Gasteiger partial charge in [-0.25, -0.2) is 0 Å². The smallest absolute Gasteiger partial charge is 0.283 e. The largest absolute Gasteiger partial charge is 0.486 e. The highest BCUT2D eigenvalue weighted by Gasteiger charge is 2.19. The highest BCUT2D eigenvalue weighted by molar-refractivity contribution is 5.61. The molecule has 0 bridgehead atoms. The van der Waals surface area contributed by atoms with E-state index in [0.29, 0.717) is 46.2 Å². The lowest BCUT2D eigenvalue weighted by Gasteiger charge is -2.05. The van der Waals surface area contributed by atoms with E-state index in [4.69, 9.17) is 32.5 Å². The van der Waals surface area contributed by atoms with Gasteiger partial charge in [-0.15, -0.1) is 10.2 Å². The second-order valence-electron chi connectivity index (χ2n) is 6.55. The molecule has 0 fully saturated rings. The first-order valence-corrected chi connectivity index (χ1v) is 9.17. The van der Waals surface area contributed by atoms with Gasteiger partial charge in [-0.3, -0.25) is 0 Å². The molecule has 9 heteroatoms. The molecule has 2 aliphatic rings. The van der Waals surface area contributed by atoms with Gasteiger partial charge in [0, 0.05) is 11.6 Å². The lowest BCUT2D eigenvalue weighted by Crippen LogP contribution is -1.94. The molecular formula is C21H14N2O7. The van der Waals surface area contributed by atoms with E-state index in [0.717, 1.165) is 5.56 Å². The average Bonchev–Trinajstić information content (AvgIpc) is 3.57. The fraction of sp³-hybridized carbons (Fsp3) is 0.143. The van der Waals surface area contributed by atoms with Crippen LogP contribution in [0, 0.1) is 0 Å². The van der Waals surface area contributed by atoms with E-state index < -0.39 is 0 Å². The minimum Gasteiger partial charge on any atom is -0.486 e. The molecule has 0 spiro atoms. The van der Waals surface area contributed by atoms with Crippen LogP contribution in [0.4, 0.5) is 0 Å². The summed E-state index contributed by atoms with van der Waals surface area (Å²) in [7, 11) is 0. The zero-order chi connectivity index (χ0) is 19.9. The molecule has 0 aliphatic carbocycles. The Morgan fingerprint density at radius 2 is 1.43 bits per heavy atom. The van der Waals surface area contributed by atoms with Gasteiger partial charge >= 0.3 is 0 Å². The molecule has 2 aromatic carbocycles. The van der Waals surface area contributed by atoms with Crippen LogP contribution in [0.3, 0.4) is 0 Å². The summed E-state index contributed by atoms with van der Waals surface area (Å²) in [6.07, 6.45) is 0. The summed E-state index contributed by atoms with van der Waals surface area (Å²) in [5, 5.41) is 8.17. The highest BCUT2D eigenvalue weighted by atomic mass is 16.7. The summed E-state index contributed by atoms with van der Waals surface area (Å²) in [4.78, 5) is 0. The third kappa shape index (κ3) is 2.96. The molecule has 30 heavy (non-hydrogen) atoms. The zero-order valence-corrected chi connectivity index (χ0v) is 15.5. The summed E-state index contributed by atoms with van der Waals surface area (Å²) in [6.45, 7) is 0.666. The van der Waals surface area contributed by atoms with Crippen molar-refractivity contribution in [3.05, 3.63) is 54.3 Å². The number of furan rings is 1. The number of rotatable bonds is 5. The van der Waals surface area contributed by atoms with Crippen LogP contribution >= 0.6 is 0 Å². The summed E-state index contributed by atoms with van der Waals surface area (Å²) in [6, 6.07) is 14.4. The van der Waals surface area contributed by atoms with Gasteiger partial charge < -0.3 is 32.5 Å². The van der Waals surface area contributed by atoms with Crippen LogP contribution in [-0.2, 0) is 6.61 Å². The van der Waals surface area contributed by atoms with Crippen molar-refractivity contribution in [3.8, 4) is 51.9 Å². The van der Waals surface area contributed by atoms with Crippen LogP contribution < -0.4 is 23.7 Å². The van der Waals surface area contributed by atoms with E-state index >= 15 is 0 Å². The van der Waals surface area contributed by atoms with E-state index in [-0.39, 0.29) is 26.1 Å². The standard InChI is InChI=1S/C21H14N2O7/c1-4-15-18(27-10-25-15)7-12(1)20-22-23-21(30-20)17-6-3-14(29-17)9-24-13-2-5-16-19(8-13)28-11-26-16/h1-8H,9-11H2. The minimum absolute atomic E-state index is 0.206. The molecule has 0 saturated heterocycles. The van der Waals surface area contributed by atoms with Crippen molar-refractivity contribution < 1.29 is 32.5 Å². The number of hydrogen-bond acceptors (Lipinski definition) is 9. The third-order valence-electron chi connectivity index (χ3n) is 4.64. The normalized spacial score (nSPS) is 13.6. The molecule has 2 aromatic heterocycles. The molecule has 4 heterocycles. The molecule has 4 aromatic rings. The number of hydrogen-bond donors (Lipinski definition) is 0.